The number of hydrogen-bond acceptors (Lipinski definition) is 7. The van der Waals surface area contributed by atoms with Gasteiger partial charge in [0.2, 0.25) is 5.72 Å². The zero-order valence-electron chi connectivity index (χ0n) is 10.4. The number of rotatable bonds is 3. The van der Waals surface area contributed by atoms with Crippen LogP contribution in [-0.4, -0.2) is 44.9 Å². The van der Waals surface area contributed by atoms with Gasteiger partial charge in [-0.3, -0.25) is 9.56 Å². The number of nitrogens with zero attached hydrogens (tertiary/aromatic N) is 3. The molecule has 8 heteroatoms. The minimum absolute atomic E-state index is 0.0997. The third-order valence-electron chi connectivity index (χ3n) is 3.35. The summed E-state index contributed by atoms with van der Waals surface area (Å²) in [6.07, 6.45) is -0.451. The minimum Gasteiger partial charge on any atom is -0.391 e. The number of anilines is 1. The topological polar surface area (TPSA) is 123 Å². The van der Waals surface area contributed by atoms with E-state index in [-0.39, 0.29) is 5.82 Å². The van der Waals surface area contributed by atoms with Gasteiger partial charge < -0.3 is 20.7 Å². The highest BCUT2D eigenvalue weighted by molar-refractivity contribution is 5.27. The largest absolute Gasteiger partial charge is 0.391 e. The van der Waals surface area contributed by atoms with E-state index < -0.39 is 36.3 Å². The molecule has 0 radical (unpaired) electrons. The van der Waals surface area contributed by atoms with E-state index in [2.05, 4.69) is 16.7 Å². The Morgan fingerprint density at radius 2 is 2.42 bits per heavy atom. The van der Waals surface area contributed by atoms with Crippen LogP contribution >= 0.6 is 0 Å². The minimum atomic E-state index is -1.52. The third-order valence-corrected chi connectivity index (χ3v) is 3.35. The van der Waals surface area contributed by atoms with Crippen molar-refractivity contribution in [1.82, 2.24) is 9.55 Å². The molecule has 2 rings (SSSR count). The number of hydrogen-bond donors (Lipinski definition) is 3. The van der Waals surface area contributed by atoms with Crippen molar-refractivity contribution in [3.05, 3.63) is 22.7 Å². The molecule has 0 aliphatic carbocycles. The summed E-state index contributed by atoms with van der Waals surface area (Å²) in [5.41, 5.74) is 3.29. The summed E-state index contributed by atoms with van der Waals surface area (Å²) in [5.74, 6) is -0.372. The van der Waals surface area contributed by atoms with E-state index in [0.29, 0.717) is 0 Å². The summed E-state index contributed by atoms with van der Waals surface area (Å²) in [7, 11) is 0. The number of nitrogens with two attached hydrogens (primary N) is 1. The van der Waals surface area contributed by atoms with Gasteiger partial charge in [0.05, 0.1) is 6.61 Å². The van der Waals surface area contributed by atoms with Crippen LogP contribution in [0, 0.1) is 5.92 Å². The van der Waals surface area contributed by atoms with E-state index in [4.69, 9.17) is 10.5 Å². The average Bonchev–Trinajstić information content (AvgIpc) is 2.64. The van der Waals surface area contributed by atoms with Crippen molar-refractivity contribution in [2.45, 2.75) is 25.0 Å². The predicted octanol–water partition coefficient (Wildman–Crippen LogP) is -1.26. The average molecular weight is 268 g/mol. The normalized spacial score (nSPS) is 34.4. The molecule has 0 aromatic carbocycles. The Kier molecular flexibility index (Phi) is 3.40. The summed E-state index contributed by atoms with van der Waals surface area (Å²) in [5, 5.41) is 19.4. The molecule has 1 aromatic heterocycles. The van der Waals surface area contributed by atoms with Crippen molar-refractivity contribution in [3.8, 4) is 0 Å². The Hall–Kier alpha value is -1.77. The molecule has 0 unspecified atom stereocenters. The molecule has 0 saturated carbocycles. The molecule has 0 amide bonds. The van der Waals surface area contributed by atoms with Crippen LogP contribution in [0.4, 0.5) is 5.82 Å². The van der Waals surface area contributed by atoms with Crippen LogP contribution in [0.25, 0.3) is 0 Å². The van der Waals surface area contributed by atoms with Crippen molar-refractivity contribution in [2.24, 2.45) is 10.9 Å². The second-order valence-electron chi connectivity index (χ2n) is 4.52. The molecular formula is C11H16N4O4. The van der Waals surface area contributed by atoms with Gasteiger partial charge in [-0.05, 0) is 12.8 Å². The predicted molar refractivity (Wildman–Crippen MR) is 67.6 cm³/mol. The molecule has 19 heavy (non-hydrogen) atoms. The van der Waals surface area contributed by atoms with Gasteiger partial charge in [-0.25, -0.2) is 4.79 Å². The van der Waals surface area contributed by atoms with Crippen LogP contribution in [0.5, 0.6) is 0 Å². The molecule has 0 bridgehead atoms. The first-order valence-electron chi connectivity index (χ1n) is 5.74. The highest BCUT2D eigenvalue weighted by Crippen LogP contribution is 2.41. The quantitative estimate of drug-likeness (QED) is 0.588. The van der Waals surface area contributed by atoms with Crippen LogP contribution in [0.2, 0.25) is 0 Å². The summed E-state index contributed by atoms with van der Waals surface area (Å²) >= 11 is 0. The highest BCUT2D eigenvalue weighted by atomic mass is 16.6. The molecule has 104 valence electrons. The maximum atomic E-state index is 11.8. The van der Waals surface area contributed by atoms with Crippen LogP contribution in [0.1, 0.15) is 13.2 Å². The second-order valence-corrected chi connectivity index (χ2v) is 4.52. The van der Waals surface area contributed by atoms with E-state index in [0.717, 1.165) is 0 Å². The Bertz CT molecular complexity index is 546. The smallest absolute Gasteiger partial charge is 0.351 e. The highest BCUT2D eigenvalue weighted by Gasteiger charge is 2.53. The van der Waals surface area contributed by atoms with E-state index in [1.165, 1.54) is 16.8 Å². The standard InChI is InChI=1S/C11H16N4O4/c1-6-8(17)11(5-16,13-2)19-9(6)15-4-3-7(12)14-10(15)18/h3-4,6,8-9,16-17H,2,5H2,1H3,(H2,12,14,18)/t6-,8-,9+,11+/m0/s1. The second kappa shape index (κ2) is 4.72. The molecule has 1 fully saturated rings. The lowest BCUT2D eigenvalue weighted by molar-refractivity contribution is -0.122. The first-order chi connectivity index (χ1) is 8.95. The fourth-order valence-corrected chi connectivity index (χ4v) is 2.19. The molecule has 4 atom stereocenters. The number of ether oxygens (including phenoxy) is 1. The summed E-state index contributed by atoms with van der Waals surface area (Å²) < 4.78 is 6.73. The summed E-state index contributed by atoms with van der Waals surface area (Å²) in [4.78, 5) is 19.0. The molecule has 1 aliphatic heterocycles. The Morgan fingerprint density at radius 1 is 1.74 bits per heavy atom. The zero-order valence-corrected chi connectivity index (χ0v) is 10.4. The number of nitrogen functional groups attached to an aromatic ring is 1. The zero-order chi connectivity index (χ0) is 14.2. The summed E-state index contributed by atoms with van der Waals surface area (Å²) in [6.45, 7) is 4.47. The molecule has 1 aliphatic rings. The maximum Gasteiger partial charge on any atom is 0.351 e. The Balaban J connectivity index is 2.42. The number of aliphatic imine (C=N–C) groups is 1. The first kappa shape index (κ1) is 13.7. The van der Waals surface area contributed by atoms with Crippen molar-refractivity contribution >= 4 is 12.5 Å². The molecule has 0 spiro atoms. The van der Waals surface area contributed by atoms with Crippen molar-refractivity contribution in [2.75, 3.05) is 12.3 Å². The van der Waals surface area contributed by atoms with Gasteiger partial charge in [0.15, 0.2) is 0 Å². The number of aliphatic hydroxyl groups is 2. The van der Waals surface area contributed by atoms with E-state index in [9.17, 15) is 15.0 Å². The Morgan fingerprint density at radius 3 is 2.89 bits per heavy atom. The molecule has 2 heterocycles. The molecule has 4 N–H and O–H groups in total. The molecular weight excluding hydrogens is 252 g/mol. The number of aliphatic hydroxyl groups excluding tert-OH is 2. The lowest BCUT2D eigenvalue weighted by atomic mass is 9.98. The van der Waals surface area contributed by atoms with Crippen LogP contribution in [-0.2, 0) is 4.74 Å². The summed E-state index contributed by atoms with van der Waals surface area (Å²) in [6, 6.07) is 1.45. The van der Waals surface area contributed by atoms with E-state index in [1.54, 1.807) is 6.92 Å². The van der Waals surface area contributed by atoms with Gasteiger partial charge in [0.1, 0.15) is 18.1 Å². The van der Waals surface area contributed by atoms with Crippen LogP contribution < -0.4 is 11.4 Å². The van der Waals surface area contributed by atoms with Gasteiger partial charge in [0.25, 0.3) is 0 Å². The van der Waals surface area contributed by atoms with Gasteiger partial charge >= 0.3 is 5.69 Å². The number of aromatic nitrogens is 2. The van der Waals surface area contributed by atoms with Crippen molar-refractivity contribution in [3.63, 3.8) is 0 Å². The molecule has 8 nitrogen and oxygen atoms in total. The first-order valence-corrected chi connectivity index (χ1v) is 5.74. The van der Waals surface area contributed by atoms with Crippen molar-refractivity contribution < 1.29 is 14.9 Å². The van der Waals surface area contributed by atoms with Gasteiger partial charge in [-0.1, -0.05) is 6.92 Å². The van der Waals surface area contributed by atoms with E-state index >= 15 is 0 Å². The van der Waals surface area contributed by atoms with E-state index in [1.807, 2.05) is 0 Å². The monoisotopic (exact) mass is 268 g/mol. The van der Waals surface area contributed by atoms with Gasteiger partial charge in [-0.15, -0.1) is 0 Å². The fraction of sp³-hybridized carbons (Fsp3) is 0.545. The molecule has 1 aromatic rings. The van der Waals surface area contributed by atoms with Gasteiger partial charge in [-0.2, -0.15) is 4.98 Å². The van der Waals surface area contributed by atoms with Crippen molar-refractivity contribution in [1.29, 1.82) is 0 Å². The SMILES string of the molecule is C=N[C@]1(CO)O[C@@H](n2ccc(N)nc2=O)[C@@H](C)[C@@H]1O. The lowest BCUT2D eigenvalue weighted by Crippen LogP contribution is -2.42. The maximum absolute atomic E-state index is 11.8. The lowest BCUT2D eigenvalue weighted by Gasteiger charge is -2.25. The molecule has 1 saturated heterocycles. The van der Waals surface area contributed by atoms with Crippen LogP contribution in [0.15, 0.2) is 22.1 Å². The van der Waals surface area contributed by atoms with Gasteiger partial charge in [0, 0.05) is 12.1 Å². The fourth-order valence-electron chi connectivity index (χ4n) is 2.19. The Labute approximate surface area is 109 Å². The third kappa shape index (κ3) is 2.03. The van der Waals surface area contributed by atoms with Crippen LogP contribution in [0.3, 0.4) is 0 Å².